The van der Waals surface area contributed by atoms with Gasteiger partial charge in [-0.3, -0.25) is 9.59 Å². The molecule has 68 heavy (non-hydrogen) atoms. The fourth-order valence-electron chi connectivity index (χ4n) is 9.14. The van der Waals surface area contributed by atoms with Gasteiger partial charge in [-0.1, -0.05) is 306 Å². The van der Waals surface area contributed by atoms with E-state index in [9.17, 15) is 14.7 Å². The third-order valence-electron chi connectivity index (χ3n) is 13.6. The van der Waals surface area contributed by atoms with Gasteiger partial charge >= 0.3 is 11.9 Å². The number of hydrogen-bond donors (Lipinski definition) is 1. The SMILES string of the molecule is CC/C=C\C/C=C\C/C=C\C/C=C\CCCCCCCCCCCCCCCCCCCCCCCCCCCCC(=O)OC(CO)COC(=O)CCCCCCCCCCCCCCCCC. The highest BCUT2D eigenvalue weighted by molar-refractivity contribution is 5.70. The number of carbonyl (C=O) groups is 2. The van der Waals surface area contributed by atoms with E-state index >= 15 is 0 Å². The summed E-state index contributed by atoms with van der Waals surface area (Å²) in [6.07, 6.45) is 78.3. The van der Waals surface area contributed by atoms with E-state index in [-0.39, 0.29) is 25.2 Å². The Balaban J connectivity index is 3.37. The van der Waals surface area contributed by atoms with Crippen LogP contribution < -0.4 is 0 Å². The van der Waals surface area contributed by atoms with Crippen molar-refractivity contribution in [3.8, 4) is 0 Å². The Morgan fingerprint density at radius 2 is 0.632 bits per heavy atom. The van der Waals surface area contributed by atoms with Crippen molar-refractivity contribution in [1.29, 1.82) is 0 Å². The van der Waals surface area contributed by atoms with Crippen molar-refractivity contribution in [2.24, 2.45) is 0 Å². The van der Waals surface area contributed by atoms with E-state index in [1.165, 1.54) is 238 Å². The van der Waals surface area contributed by atoms with Crippen molar-refractivity contribution in [2.45, 2.75) is 328 Å². The number of hydrogen-bond acceptors (Lipinski definition) is 5. The summed E-state index contributed by atoms with van der Waals surface area (Å²) >= 11 is 0. The molecule has 0 aromatic carbocycles. The highest BCUT2D eigenvalue weighted by atomic mass is 16.6. The van der Waals surface area contributed by atoms with Gasteiger partial charge in [0.05, 0.1) is 6.61 Å². The van der Waals surface area contributed by atoms with Crippen LogP contribution in [0, 0.1) is 0 Å². The topological polar surface area (TPSA) is 72.8 Å². The molecule has 1 unspecified atom stereocenters. The summed E-state index contributed by atoms with van der Waals surface area (Å²) in [5.74, 6) is -0.570. The molecule has 0 saturated heterocycles. The van der Waals surface area contributed by atoms with Crippen LogP contribution in [0.25, 0.3) is 0 Å². The molecule has 1 atom stereocenters. The van der Waals surface area contributed by atoms with Gasteiger partial charge in [-0.15, -0.1) is 0 Å². The number of carbonyl (C=O) groups excluding carboxylic acids is 2. The standard InChI is InChI=1S/C63H116O5/c1-3-5-7-9-11-13-15-17-19-20-21-22-23-24-25-26-27-28-29-30-31-32-33-34-35-36-37-38-39-40-41-42-44-46-48-50-52-54-56-58-63(66)68-61(59-64)60-67-62(65)57-55-53-51-49-47-45-43-18-16-14-12-10-8-6-4-2/h5,7,11,13,17,19,21-22,61,64H,3-4,6,8-10,12,14-16,18,20,23-60H2,1-2H3/b7-5-,13-11-,19-17-,22-21-. The van der Waals surface area contributed by atoms with Gasteiger partial charge in [0.2, 0.25) is 0 Å². The second-order valence-corrected chi connectivity index (χ2v) is 20.4. The molecular weight excluding hydrogens is 837 g/mol. The lowest BCUT2D eigenvalue weighted by atomic mass is 10.0. The Bertz CT molecular complexity index is 1120. The molecule has 0 aliphatic rings. The van der Waals surface area contributed by atoms with Gasteiger partial charge in [0.15, 0.2) is 6.10 Å². The van der Waals surface area contributed by atoms with Crippen LogP contribution in [-0.4, -0.2) is 36.4 Å². The molecular formula is C63H116O5. The molecule has 0 heterocycles. The zero-order valence-electron chi connectivity index (χ0n) is 45.6. The Kier molecular flexibility index (Phi) is 57.3. The molecule has 0 saturated carbocycles. The van der Waals surface area contributed by atoms with E-state index in [1.807, 2.05) is 0 Å². The summed E-state index contributed by atoms with van der Waals surface area (Å²) in [7, 11) is 0. The first-order valence-electron chi connectivity index (χ1n) is 30.2. The van der Waals surface area contributed by atoms with Gasteiger partial charge in [-0.05, 0) is 51.4 Å². The fraction of sp³-hybridized carbons (Fsp3) is 0.841. The Morgan fingerprint density at radius 3 is 0.956 bits per heavy atom. The van der Waals surface area contributed by atoms with E-state index in [2.05, 4.69) is 62.5 Å². The van der Waals surface area contributed by atoms with Gasteiger partial charge in [-0.25, -0.2) is 0 Å². The highest BCUT2D eigenvalue weighted by Gasteiger charge is 2.16. The Labute approximate surface area is 424 Å². The minimum atomic E-state index is -0.767. The van der Waals surface area contributed by atoms with Crippen LogP contribution in [0.2, 0.25) is 0 Å². The van der Waals surface area contributed by atoms with Crippen molar-refractivity contribution < 1.29 is 24.2 Å². The normalized spacial score (nSPS) is 12.5. The zero-order chi connectivity index (χ0) is 49.2. The number of unbranched alkanes of at least 4 members (excludes halogenated alkanes) is 40. The summed E-state index contributed by atoms with van der Waals surface area (Å²) in [6.45, 7) is 4.07. The van der Waals surface area contributed by atoms with E-state index in [0.29, 0.717) is 12.8 Å². The predicted molar refractivity (Wildman–Crippen MR) is 297 cm³/mol. The summed E-state index contributed by atoms with van der Waals surface area (Å²) < 4.78 is 10.7. The van der Waals surface area contributed by atoms with Gasteiger partial charge in [0, 0.05) is 12.8 Å². The smallest absolute Gasteiger partial charge is 0.306 e. The van der Waals surface area contributed by atoms with E-state index in [0.717, 1.165) is 57.8 Å². The molecule has 0 spiro atoms. The molecule has 5 nitrogen and oxygen atoms in total. The molecule has 0 aromatic rings. The van der Waals surface area contributed by atoms with Gasteiger partial charge in [0.1, 0.15) is 6.61 Å². The Morgan fingerprint density at radius 1 is 0.353 bits per heavy atom. The lowest BCUT2D eigenvalue weighted by molar-refractivity contribution is -0.161. The first-order valence-corrected chi connectivity index (χ1v) is 30.2. The minimum Gasteiger partial charge on any atom is -0.462 e. The maximum atomic E-state index is 12.3. The highest BCUT2D eigenvalue weighted by Crippen LogP contribution is 2.18. The summed E-state index contributed by atoms with van der Waals surface area (Å²) in [5, 5.41) is 9.64. The lowest BCUT2D eigenvalue weighted by Gasteiger charge is -2.15. The number of aliphatic hydroxyl groups is 1. The number of rotatable bonds is 56. The van der Waals surface area contributed by atoms with Crippen molar-refractivity contribution in [2.75, 3.05) is 13.2 Å². The van der Waals surface area contributed by atoms with E-state index in [1.54, 1.807) is 0 Å². The molecule has 0 aromatic heterocycles. The largest absolute Gasteiger partial charge is 0.462 e. The van der Waals surface area contributed by atoms with E-state index in [4.69, 9.17) is 9.47 Å². The van der Waals surface area contributed by atoms with Crippen molar-refractivity contribution in [3.05, 3.63) is 48.6 Å². The molecule has 5 heteroatoms. The first kappa shape index (κ1) is 65.9. The lowest BCUT2D eigenvalue weighted by Crippen LogP contribution is -2.28. The Hall–Kier alpha value is -2.14. The molecule has 0 radical (unpaired) electrons. The van der Waals surface area contributed by atoms with Gasteiger partial charge in [-0.2, -0.15) is 0 Å². The number of allylic oxidation sites excluding steroid dienone is 8. The predicted octanol–water partition coefficient (Wildman–Crippen LogP) is 20.4. The third kappa shape index (κ3) is 56.4. The molecule has 0 amide bonds. The number of ether oxygens (including phenoxy) is 2. The van der Waals surface area contributed by atoms with E-state index < -0.39 is 6.10 Å². The van der Waals surface area contributed by atoms with Crippen molar-refractivity contribution >= 4 is 11.9 Å². The zero-order valence-corrected chi connectivity index (χ0v) is 45.6. The van der Waals surface area contributed by atoms with Crippen LogP contribution in [0.4, 0.5) is 0 Å². The van der Waals surface area contributed by atoms with Crippen LogP contribution in [0.15, 0.2) is 48.6 Å². The number of aliphatic hydroxyl groups excluding tert-OH is 1. The molecule has 1 N–H and O–H groups in total. The van der Waals surface area contributed by atoms with Crippen molar-refractivity contribution in [3.63, 3.8) is 0 Å². The summed E-state index contributed by atoms with van der Waals surface area (Å²) in [4.78, 5) is 24.5. The molecule has 0 aliphatic carbocycles. The summed E-state index contributed by atoms with van der Waals surface area (Å²) in [5.41, 5.74) is 0. The maximum Gasteiger partial charge on any atom is 0.306 e. The molecule has 0 fully saturated rings. The molecule has 0 rings (SSSR count). The van der Waals surface area contributed by atoms with Crippen LogP contribution in [0.5, 0.6) is 0 Å². The molecule has 0 aliphatic heterocycles. The second-order valence-electron chi connectivity index (χ2n) is 20.4. The molecule has 398 valence electrons. The average molecular weight is 954 g/mol. The van der Waals surface area contributed by atoms with Gasteiger partial charge < -0.3 is 14.6 Å². The minimum absolute atomic E-state index is 0.0588. The quantitative estimate of drug-likeness (QED) is 0.0374. The van der Waals surface area contributed by atoms with Crippen molar-refractivity contribution in [1.82, 2.24) is 0 Å². The fourth-order valence-corrected chi connectivity index (χ4v) is 9.14. The van der Waals surface area contributed by atoms with Crippen LogP contribution in [0.1, 0.15) is 322 Å². The van der Waals surface area contributed by atoms with Crippen LogP contribution in [0.3, 0.4) is 0 Å². The van der Waals surface area contributed by atoms with Gasteiger partial charge in [0.25, 0.3) is 0 Å². The first-order chi connectivity index (χ1) is 33.6. The monoisotopic (exact) mass is 953 g/mol. The number of esters is 2. The maximum absolute atomic E-state index is 12.3. The van der Waals surface area contributed by atoms with Crippen LogP contribution >= 0.6 is 0 Å². The third-order valence-corrected chi connectivity index (χ3v) is 13.6. The summed E-state index contributed by atoms with van der Waals surface area (Å²) in [6, 6.07) is 0. The van der Waals surface area contributed by atoms with Crippen LogP contribution in [-0.2, 0) is 19.1 Å². The molecule has 0 bridgehead atoms. The average Bonchev–Trinajstić information content (AvgIpc) is 3.34. The second kappa shape index (κ2) is 59.2.